The molecule has 1 aromatic carbocycles. The molecule has 0 atom stereocenters. The minimum Gasteiger partial charge on any atom is -0.368 e. The third-order valence-corrected chi connectivity index (χ3v) is 2.86. The summed E-state index contributed by atoms with van der Waals surface area (Å²) in [6, 6.07) is 3.98. The highest BCUT2D eigenvalue weighted by atomic mass is 16.6. The summed E-state index contributed by atoms with van der Waals surface area (Å²) < 4.78 is 0. The topological polar surface area (TPSA) is 127 Å². The van der Waals surface area contributed by atoms with E-state index in [4.69, 9.17) is 5.73 Å². The van der Waals surface area contributed by atoms with Crippen LogP contribution in [0.25, 0.3) is 0 Å². The average Bonchev–Trinajstić information content (AvgIpc) is 2.38. The molecule has 0 unspecified atom stereocenters. The fourth-order valence-corrected chi connectivity index (χ4v) is 1.59. The van der Waals surface area contributed by atoms with E-state index in [0.717, 1.165) is 6.07 Å². The Morgan fingerprint density at radius 1 is 1.38 bits per heavy atom. The first-order valence-corrected chi connectivity index (χ1v) is 6.33. The molecular formula is C13H18N4O4. The first-order chi connectivity index (χ1) is 9.69. The number of nitro benzene ring substituents is 1. The van der Waals surface area contributed by atoms with Crippen LogP contribution in [0, 0.1) is 10.1 Å². The number of nitrogens with one attached hydrogen (secondary N) is 2. The molecule has 2 amide bonds. The minimum atomic E-state index is -1.15. The predicted octanol–water partition coefficient (Wildman–Crippen LogP) is 1.02. The summed E-state index contributed by atoms with van der Waals surface area (Å²) in [6.45, 7) is 5.19. The van der Waals surface area contributed by atoms with Crippen molar-refractivity contribution < 1.29 is 14.5 Å². The first kappa shape index (κ1) is 16.4. The summed E-state index contributed by atoms with van der Waals surface area (Å²) in [4.78, 5) is 33.5. The van der Waals surface area contributed by atoms with Gasteiger partial charge < -0.3 is 16.4 Å². The van der Waals surface area contributed by atoms with Gasteiger partial charge in [-0.05, 0) is 32.9 Å². The lowest BCUT2D eigenvalue weighted by molar-refractivity contribution is -0.384. The second kappa shape index (κ2) is 6.21. The smallest absolute Gasteiger partial charge is 0.293 e. The second-order valence-electron chi connectivity index (χ2n) is 4.96. The Bertz CT molecular complexity index is 584. The maximum absolute atomic E-state index is 11.7. The van der Waals surface area contributed by atoms with Crippen LogP contribution in [-0.2, 0) is 4.79 Å². The molecule has 1 rings (SSSR count). The van der Waals surface area contributed by atoms with E-state index in [0.29, 0.717) is 6.54 Å². The van der Waals surface area contributed by atoms with Crippen LogP contribution >= 0.6 is 0 Å². The monoisotopic (exact) mass is 294 g/mol. The number of carbonyl (C=O) groups is 2. The van der Waals surface area contributed by atoms with Gasteiger partial charge in [0.15, 0.2) is 0 Å². The summed E-state index contributed by atoms with van der Waals surface area (Å²) in [5.41, 5.74) is 4.07. The largest absolute Gasteiger partial charge is 0.368 e. The molecule has 0 heterocycles. The number of anilines is 1. The molecule has 0 fully saturated rings. The highest BCUT2D eigenvalue weighted by Gasteiger charge is 2.28. The van der Waals surface area contributed by atoms with Gasteiger partial charge in [-0.2, -0.15) is 0 Å². The number of nitrogens with two attached hydrogens (primary N) is 1. The Morgan fingerprint density at radius 3 is 2.48 bits per heavy atom. The maximum Gasteiger partial charge on any atom is 0.293 e. The molecule has 4 N–H and O–H groups in total. The van der Waals surface area contributed by atoms with E-state index in [1.807, 2.05) is 0 Å². The molecule has 114 valence electrons. The third-order valence-electron chi connectivity index (χ3n) is 2.86. The standard InChI is InChI=1S/C13H18N4O4/c1-4-15-11(18)8-5-6-9(10(7-8)17(20)21)16-13(2,3)12(14)19/h5-7,16H,4H2,1-3H3,(H2,14,19)(H,15,18). The van der Waals surface area contributed by atoms with Gasteiger partial charge in [0.1, 0.15) is 11.2 Å². The molecule has 1 aromatic rings. The van der Waals surface area contributed by atoms with Crippen molar-refractivity contribution >= 4 is 23.2 Å². The molecule has 0 aliphatic rings. The van der Waals surface area contributed by atoms with Crippen LogP contribution in [0.15, 0.2) is 18.2 Å². The number of benzene rings is 1. The highest BCUT2D eigenvalue weighted by Crippen LogP contribution is 2.28. The number of primary amides is 1. The maximum atomic E-state index is 11.7. The molecule has 8 heteroatoms. The zero-order chi connectivity index (χ0) is 16.2. The molecule has 0 aromatic heterocycles. The number of hydrogen-bond donors (Lipinski definition) is 3. The van der Waals surface area contributed by atoms with Crippen molar-refractivity contribution in [3.63, 3.8) is 0 Å². The zero-order valence-corrected chi connectivity index (χ0v) is 12.1. The van der Waals surface area contributed by atoms with Gasteiger partial charge in [0.2, 0.25) is 5.91 Å². The fourth-order valence-electron chi connectivity index (χ4n) is 1.59. The molecule has 21 heavy (non-hydrogen) atoms. The number of rotatable bonds is 6. The van der Waals surface area contributed by atoms with Gasteiger partial charge in [0.05, 0.1) is 4.92 Å². The van der Waals surface area contributed by atoms with Crippen molar-refractivity contribution in [2.24, 2.45) is 5.73 Å². The molecule has 0 saturated carbocycles. The molecule has 8 nitrogen and oxygen atoms in total. The first-order valence-electron chi connectivity index (χ1n) is 6.33. The molecule has 0 aliphatic heterocycles. The molecule has 0 bridgehead atoms. The van der Waals surface area contributed by atoms with Crippen LogP contribution in [0.4, 0.5) is 11.4 Å². The summed E-state index contributed by atoms with van der Waals surface area (Å²) in [5.74, 6) is -1.05. The van der Waals surface area contributed by atoms with Crippen LogP contribution < -0.4 is 16.4 Å². The van der Waals surface area contributed by atoms with Gasteiger partial charge in [-0.25, -0.2) is 0 Å². The van der Waals surface area contributed by atoms with Gasteiger partial charge in [0.25, 0.3) is 11.6 Å². The number of carbonyl (C=O) groups excluding carboxylic acids is 2. The Kier molecular flexibility index (Phi) is 4.85. The number of nitro groups is 1. The Labute approximate surface area is 121 Å². The molecule has 0 aliphatic carbocycles. The molecule has 0 spiro atoms. The summed E-state index contributed by atoms with van der Waals surface area (Å²) >= 11 is 0. The van der Waals surface area contributed by atoms with Crippen molar-refractivity contribution in [1.82, 2.24) is 5.32 Å². The highest BCUT2D eigenvalue weighted by molar-refractivity contribution is 5.96. The van der Waals surface area contributed by atoms with E-state index in [1.54, 1.807) is 6.92 Å². The van der Waals surface area contributed by atoms with Crippen molar-refractivity contribution in [1.29, 1.82) is 0 Å². The van der Waals surface area contributed by atoms with E-state index < -0.39 is 22.3 Å². The SMILES string of the molecule is CCNC(=O)c1ccc(NC(C)(C)C(N)=O)c([N+](=O)[O-])c1. The van der Waals surface area contributed by atoms with E-state index in [-0.39, 0.29) is 16.9 Å². The average molecular weight is 294 g/mol. The normalized spacial score (nSPS) is 10.8. The lowest BCUT2D eigenvalue weighted by atomic mass is 10.0. The van der Waals surface area contributed by atoms with Gasteiger partial charge in [-0.1, -0.05) is 0 Å². The lowest BCUT2D eigenvalue weighted by Crippen LogP contribution is -2.45. The van der Waals surface area contributed by atoms with Gasteiger partial charge in [0, 0.05) is 18.2 Å². The number of nitrogens with zero attached hydrogens (tertiary/aromatic N) is 1. The molecule has 0 radical (unpaired) electrons. The Hall–Kier alpha value is -2.64. The third kappa shape index (κ3) is 3.91. The summed E-state index contributed by atoms with van der Waals surface area (Å²) in [5, 5.41) is 16.4. The summed E-state index contributed by atoms with van der Waals surface area (Å²) in [7, 11) is 0. The van der Waals surface area contributed by atoms with Crippen LogP contribution in [0.1, 0.15) is 31.1 Å². The Balaban J connectivity index is 3.20. The number of amides is 2. The van der Waals surface area contributed by atoms with Crippen molar-refractivity contribution in [2.45, 2.75) is 26.3 Å². The predicted molar refractivity (Wildman–Crippen MR) is 78.0 cm³/mol. The van der Waals surface area contributed by atoms with E-state index in [9.17, 15) is 19.7 Å². The van der Waals surface area contributed by atoms with Gasteiger partial charge in [-0.15, -0.1) is 0 Å². The Morgan fingerprint density at radius 2 is 2.00 bits per heavy atom. The fraction of sp³-hybridized carbons (Fsp3) is 0.385. The van der Waals surface area contributed by atoms with E-state index in [1.165, 1.54) is 26.0 Å². The minimum absolute atomic E-state index is 0.122. The van der Waals surface area contributed by atoms with E-state index >= 15 is 0 Å². The van der Waals surface area contributed by atoms with Crippen molar-refractivity contribution in [2.75, 3.05) is 11.9 Å². The number of hydrogen-bond acceptors (Lipinski definition) is 5. The van der Waals surface area contributed by atoms with Crippen LogP contribution in [0.5, 0.6) is 0 Å². The summed E-state index contributed by atoms with van der Waals surface area (Å²) in [6.07, 6.45) is 0. The van der Waals surface area contributed by atoms with Crippen LogP contribution in [-0.4, -0.2) is 28.8 Å². The van der Waals surface area contributed by atoms with E-state index in [2.05, 4.69) is 10.6 Å². The van der Waals surface area contributed by atoms with Gasteiger partial charge >= 0.3 is 0 Å². The molecule has 0 saturated heterocycles. The van der Waals surface area contributed by atoms with Crippen molar-refractivity contribution in [3.05, 3.63) is 33.9 Å². The lowest BCUT2D eigenvalue weighted by Gasteiger charge is -2.23. The van der Waals surface area contributed by atoms with Crippen molar-refractivity contribution in [3.8, 4) is 0 Å². The second-order valence-corrected chi connectivity index (χ2v) is 4.96. The van der Waals surface area contributed by atoms with Crippen LogP contribution in [0.2, 0.25) is 0 Å². The van der Waals surface area contributed by atoms with Gasteiger partial charge in [-0.3, -0.25) is 19.7 Å². The van der Waals surface area contributed by atoms with Crippen LogP contribution in [0.3, 0.4) is 0 Å². The zero-order valence-electron chi connectivity index (χ0n) is 12.1. The molecular weight excluding hydrogens is 276 g/mol. The quantitative estimate of drug-likeness (QED) is 0.533.